The largest absolute Gasteiger partial charge is 0.480 e. The highest BCUT2D eigenvalue weighted by atomic mass is 32.2. The quantitative estimate of drug-likeness (QED) is 0.740. The molecule has 1 aliphatic carbocycles. The Bertz CT molecular complexity index is 1070. The molecule has 3 rings (SSSR count). The molecule has 0 spiro atoms. The topological polar surface area (TPSA) is 109 Å². The summed E-state index contributed by atoms with van der Waals surface area (Å²) in [4.78, 5) is 16.2. The zero-order valence-electron chi connectivity index (χ0n) is 18.4. The van der Waals surface area contributed by atoms with Crippen LogP contribution in [-0.2, 0) is 26.6 Å². The Labute approximate surface area is 178 Å². The van der Waals surface area contributed by atoms with E-state index in [1.54, 1.807) is 6.07 Å². The van der Waals surface area contributed by atoms with E-state index in [-0.39, 0.29) is 10.3 Å². The number of hydrogen-bond donors (Lipinski definition) is 2. The average Bonchev–Trinajstić information content (AvgIpc) is 2.99. The molecule has 7 nitrogen and oxygen atoms in total. The molecule has 30 heavy (non-hydrogen) atoms. The molecule has 0 radical (unpaired) electrons. The Hall–Kier alpha value is -1.93. The molecular formula is C22H32N2O5S. The van der Waals surface area contributed by atoms with Gasteiger partial charge >= 0.3 is 5.97 Å². The first-order valence-corrected chi connectivity index (χ1v) is 11.9. The average molecular weight is 437 g/mol. The molecular weight excluding hydrogens is 404 g/mol. The number of carboxylic acid groups (broad SMARTS) is 1. The molecule has 0 amide bonds. The molecule has 1 fully saturated rings. The van der Waals surface area contributed by atoms with Crippen molar-refractivity contribution in [1.82, 2.24) is 9.55 Å². The van der Waals surface area contributed by atoms with Crippen LogP contribution >= 0.6 is 0 Å². The molecule has 0 atom stereocenters. The number of benzene rings is 1. The minimum Gasteiger partial charge on any atom is -0.480 e. The second-order valence-corrected chi connectivity index (χ2v) is 12.5. The third kappa shape index (κ3) is 3.87. The van der Waals surface area contributed by atoms with Gasteiger partial charge in [-0.15, -0.1) is 0 Å². The van der Waals surface area contributed by atoms with Crippen molar-refractivity contribution in [1.29, 1.82) is 0 Å². The van der Waals surface area contributed by atoms with Gasteiger partial charge in [0, 0.05) is 5.41 Å². The van der Waals surface area contributed by atoms with Gasteiger partial charge in [-0.2, -0.15) is 0 Å². The van der Waals surface area contributed by atoms with E-state index < -0.39 is 26.2 Å². The Morgan fingerprint density at radius 3 is 2.27 bits per heavy atom. The van der Waals surface area contributed by atoms with Gasteiger partial charge in [0.2, 0.25) is 0 Å². The molecule has 1 aromatic carbocycles. The Morgan fingerprint density at radius 2 is 1.73 bits per heavy atom. The standard InChI is InChI=1S/C22H32N2O5S/c1-20(2,3)18-23-16-13-15(30(28,29)21(4,5)19(25)26)9-10-17(16)24(18)14-22(27)11-7-6-8-12-22/h9-10,13,27H,6-8,11-12,14H2,1-5H3,(H,25,26). The van der Waals surface area contributed by atoms with Crippen LogP contribution in [0.3, 0.4) is 0 Å². The van der Waals surface area contributed by atoms with Gasteiger partial charge in [-0.05, 0) is 44.9 Å². The maximum absolute atomic E-state index is 12.9. The lowest BCUT2D eigenvalue weighted by molar-refractivity contribution is -0.139. The predicted molar refractivity (Wildman–Crippen MR) is 115 cm³/mol. The van der Waals surface area contributed by atoms with Crippen LogP contribution < -0.4 is 0 Å². The fraction of sp³-hybridized carbons (Fsp3) is 0.636. The van der Waals surface area contributed by atoms with E-state index in [0.29, 0.717) is 12.1 Å². The van der Waals surface area contributed by atoms with Crippen LogP contribution in [0.25, 0.3) is 11.0 Å². The van der Waals surface area contributed by atoms with E-state index in [1.807, 2.05) is 25.3 Å². The second kappa shape index (κ2) is 7.34. The SMILES string of the molecule is CC(C)(C)c1nc2cc(S(=O)(=O)C(C)(C)C(=O)O)ccc2n1CC1(O)CCCCC1. The lowest BCUT2D eigenvalue weighted by Crippen LogP contribution is -2.40. The fourth-order valence-corrected chi connectivity index (χ4v) is 5.41. The van der Waals surface area contributed by atoms with Crippen molar-refractivity contribution in [3.8, 4) is 0 Å². The highest BCUT2D eigenvalue weighted by Crippen LogP contribution is 2.35. The summed E-state index contributed by atoms with van der Waals surface area (Å²) in [6.45, 7) is 8.87. The molecule has 2 N–H and O–H groups in total. The zero-order chi connectivity index (χ0) is 22.5. The van der Waals surface area contributed by atoms with Crippen LogP contribution in [0.2, 0.25) is 0 Å². The van der Waals surface area contributed by atoms with Gasteiger partial charge in [-0.3, -0.25) is 4.79 Å². The molecule has 1 saturated carbocycles. The third-order valence-corrected chi connectivity index (χ3v) is 8.52. The van der Waals surface area contributed by atoms with Gasteiger partial charge < -0.3 is 14.8 Å². The number of hydrogen-bond acceptors (Lipinski definition) is 5. The van der Waals surface area contributed by atoms with E-state index >= 15 is 0 Å². The molecule has 0 saturated heterocycles. The van der Waals surface area contributed by atoms with Crippen molar-refractivity contribution in [2.45, 2.75) is 93.9 Å². The first-order chi connectivity index (χ1) is 13.7. The maximum atomic E-state index is 12.9. The zero-order valence-corrected chi connectivity index (χ0v) is 19.2. The number of imidazole rings is 1. The fourth-order valence-electron chi connectivity index (χ4n) is 4.08. The van der Waals surface area contributed by atoms with Crippen molar-refractivity contribution in [2.75, 3.05) is 0 Å². The number of aliphatic hydroxyl groups is 1. The molecule has 166 valence electrons. The van der Waals surface area contributed by atoms with Crippen LogP contribution in [0.5, 0.6) is 0 Å². The molecule has 1 aliphatic rings. The van der Waals surface area contributed by atoms with Gasteiger partial charge in [0.15, 0.2) is 14.6 Å². The molecule has 0 unspecified atom stereocenters. The Morgan fingerprint density at radius 1 is 1.13 bits per heavy atom. The molecule has 0 bridgehead atoms. The van der Waals surface area contributed by atoms with Gasteiger partial charge in [0.1, 0.15) is 5.82 Å². The Balaban J connectivity index is 2.15. The number of carboxylic acids is 1. The molecule has 1 aromatic heterocycles. The lowest BCUT2D eigenvalue weighted by atomic mass is 9.84. The molecule has 1 heterocycles. The van der Waals surface area contributed by atoms with E-state index in [9.17, 15) is 23.4 Å². The van der Waals surface area contributed by atoms with Gasteiger partial charge in [-0.1, -0.05) is 40.0 Å². The van der Waals surface area contributed by atoms with Crippen molar-refractivity contribution in [3.63, 3.8) is 0 Å². The van der Waals surface area contributed by atoms with Gasteiger partial charge in [0.25, 0.3) is 0 Å². The van der Waals surface area contributed by atoms with Crippen LogP contribution in [-0.4, -0.2) is 44.5 Å². The number of carbonyl (C=O) groups is 1. The number of aliphatic carboxylic acids is 1. The van der Waals surface area contributed by atoms with Crippen LogP contribution in [0.15, 0.2) is 23.1 Å². The molecule has 8 heteroatoms. The summed E-state index contributed by atoms with van der Waals surface area (Å²) >= 11 is 0. The first kappa shape index (κ1) is 22.7. The van der Waals surface area contributed by atoms with E-state index in [2.05, 4.69) is 0 Å². The van der Waals surface area contributed by atoms with Gasteiger partial charge in [0.05, 0.1) is 28.1 Å². The van der Waals surface area contributed by atoms with Crippen LogP contribution in [0.1, 0.15) is 72.5 Å². The third-order valence-electron chi connectivity index (χ3n) is 6.12. The maximum Gasteiger partial charge on any atom is 0.324 e. The first-order valence-electron chi connectivity index (χ1n) is 10.4. The monoisotopic (exact) mass is 436 g/mol. The minimum atomic E-state index is -4.11. The summed E-state index contributed by atoms with van der Waals surface area (Å²) in [6.07, 6.45) is 4.56. The minimum absolute atomic E-state index is 0.0658. The highest BCUT2D eigenvalue weighted by molar-refractivity contribution is 7.93. The second-order valence-electron chi connectivity index (χ2n) is 10.0. The molecule has 0 aliphatic heterocycles. The summed E-state index contributed by atoms with van der Waals surface area (Å²) in [5.74, 6) is -0.633. The number of aromatic nitrogens is 2. The normalized spacial score (nSPS) is 17.9. The highest BCUT2D eigenvalue weighted by Gasteiger charge is 2.43. The van der Waals surface area contributed by atoms with Crippen LogP contribution in [0.4, 0.5) is 0 Å². The van der Waals surface area contributed by atoms with Crippen LogP contribution in [0, 0.1) is 0 Å². The van der Waals surface area contributed by atoms with Crippen molar-refractivity contribution in [3.05, 3.63) is 24.0 Å². The summed E-state index contributed by atoms with van der Waals surface area (Å²) in [6, 6.07) is 4.57. The number of rotatable bonds is 5. The number of fused-ring (bicyclic) bond motifs is 1. The predicted octanol–water partition coefficient (Wildman–Crippen LogP) is 3.67. The smallest absolute Gasteiger partial charge is 0.324 e. The van der Waals surface area contributed by atoms with E-state index in [0.717, 1.165) is 43.4 Å². The summed E-state index contributed by atoms with van der Waals surface area (Å²) in [5, 5.41) is 20.5. The van der Waals surface area contributed by atoms with E-state index in [4.69, 9.17) is 4.98 Å². The number of nitrogens with zero attached hydrogens (tertiary/aromatic N) is 2. The van der Waals surface area contributed by atoms with Crippen molar-refractivity contribution >= 4 is 26.8 Å². The van der Waals surface area contributed by atoms with Crippen molar-refractivity contribution in [2.24, 2.45) is 0 Å². The van der Waals surface area contributed by atoms with E-state index in [1.165, 1.54) is 26.0 Å². The molecule has 2 aromatic rings. The summed E-state index contributed by atoms with van der Waals surface area (Å²) in [5.41, 5.74) is 0.110. The summed E-state index contributed by atoms with van der Waals surface area (Å²) in [7, 11) is -4.11. The lowest BCUT2D eigenvalue weighted by Gasteiger charge is -2.34. The van der Waals surface area contributed by atoms with Crippen molar-refractivity contribution < 1.29 is 23.4 Å². The Kier molecular flexibility index (Phi) is 5.56. The number of sulfone groups is 1. The van der Waals surface area contributed by atoms with Gasteiger partial charge in [-0.25, -0.2) is 13.4 Å². The summed E-state index contributed by atoms with van der Waals surface area (Å²) < 4.78 is 25.9.